The largest absolute Gasteiger partial charge is 0.440 e. The number of benzene rings is 1. The van der Waals surface area contributed by atoms with E-state index in [1.54, 1.807) is 16.0 Å². The van der Waals surface area contributed by atoms with Gasteiger partial charge in [-0.05, 0) is 25.0 Å². The second-order valence-corrected chi connectivity index (χ2v) is 7.28. The fourth-order valence-corrected chi connectivity index (χ4v) is 3.46. The molecule has 0 N–H and O–H groups in total. The maximum atomic E-state index is 12.6. The van der Waals surface area contributed by atoms with Gasteiger partial charge in [0.2, 0.25) is 5.91 Å². The van der Waals surface area contributed by atoms with Crippen molar-refractivity contribution in [2.75, 3.05) is 32.1 Å². The minimum Gasteiger partial charge on any atom is -0.440 e. The third-order valence-corrected chi connectivity index (χ3v) is 5.16. The van der Waals surface area contributed by atoms with Crippen LogP contribution in [0.4, 0.5) is 5.69 Å². The Morgan fingerprint density at radius 2 is 2.00 bits per heavy atom. The molecule has 1 amide bonds. The molecule has 1 aliphatic heterocycles. The maximum absolute atomic E-state index is 12.6. The van der Waals surface area contributed by atoms with Gasteiger partial charge in [-0.15, -0.1) is 0 Å². The summed E-state index contributed by atoms with van der Waals surface area (Å²) >= 11 is 0. The molecule has 1 saturated heterocycles. The highest BCUT2D eigenvalue weighted by molar-refractivity contribution is 5.76. The number of rotatable bonds is 4. The van der Waals surface area contributed by atoms with Gasteiger partial charge in [0.25, 0.3) is 5.56 Å². The minimum atomic E-state index is -0.277. The lowest BCUT2D eigenvalue weighted by Crippen LogP contribution is -2.41. The van der Waals surface area contributed by atoms with Crippen LogP contribution in [0.15, 0.2) is 45.7 Å². The second kappa shape index (κ2) is 7.46. The number of hydrogen-bond donors (Lipinski definition) is 0. The molecule has 8 nitrogen and oxygen atoms in total. The SMILES string of the molecule is CN(C)c1cnn(CC(=O)N2CCC(c3nc4ccccc4o3)CC2)c(=O)c1. The summed E-state index contributed by atoms with van der Waals surface area (Å²) in [6.07, 6.45) is 3.18. The van der Waals surface area contributed by atoms with Gasteiger partial charge >= 0.3 is 0 Å². The number of carbonyl (C=O) groups is 1. The van der Waals surface area contributed by atoms with E-state index in [9.17, 15) is 9.59 Å². The average molecular weight is 381 g/mol. The topological polar surface area (TPSA) is 84.5 Å². The number of oxazole rings is 1. The molecule has 146 valence electrons. The summed E-state index contributed by atoms with van der Waals surface area (Å²) < 4.78 is 7.08. The lowest BCUT2D eigenvalue weighted by Gasteiger charge is -2.30. The van der Waals surface area contributed by atoms with Gasteiger partial charge in [-0.1, -0.05) is 12.1 Å². The first-order valence-electron chi connectivity index (χ1n) is 9.39. The zero-order valence-electron chi connectivity index (χ0n) is 16.0. The molecule has 3 aromatic rings. The molecule has 0 saturated carbocycles. The number of anilines is 1. The Balaban J connectivity index is 1.38. The van der Waals surface area contributed by atoms with Crippen molar-refractivity contribution in [3.05, 3.63) is 52.8 Å². The predicted molar refractivity (Wildman–Crippen MR) is 105 cm³/mol. The Bertz CT molecular complexity index is 1010. The van der Waals surface area contributed by atoms with Gasteiger partial charge in [-0.25, -0.2) is 9.67 Å². The number of piperidine rings is 1. The number of fused-ring (bicyclic) bond motifs is 1. The van der Waals surface area contributed by atoms with Crippen LogP contribution in [0.3, 0.4) is 0 Å². The Hall–Kier alpha value is -3.16. The zero-order chi connectivity index (χ0) is 19.7. The Morgan fingerprint density at radius 1 is 1.25 bits per heavy atom. The van der Waals surface area contributed by atoms with Gasteiger partial charge in [0, 0.05) is 39.2 Å². The first-order valence-corrected chi connectivity index (χ1v) is 9.39. The number of para-hydroxylation sites is 2. The van der Waals surface area contributed by atoms with Crippen molar-refractivity contribution in [3.8, 4) is 0 Å². The minimum absolute atomic E-state index is 0.0416. The fraction of sp³-hybridized carbons (Fsp3) is 0.400. The van der Waals surface area contributed by atoms with Crippen molar-refractivity contribution in [1.29, 1.82) is 0 Å². The summed E-state index contributed by atoms with van der Waals surface area (Å²) in [6.45, 7) is 1.19. The van der Waals surface area contributed by atoms with Crippen LogP contribution in [-0.4, -0.2) is 52.8 Å². The van der Waals surface area contributed by atoms with Crippen molar-refractivity contribution in [3.63, 3.8) is 0 Å². The molecular formula is C20H23N5O3. The van der Waals surface area contributed by atoms with Crippen molar-refractivity contribution >= 4 is 22.7 Å². The van der Waals surface area contributed by atoms with Crippen molar-refractivity contribution < 1.29 is 9.21 Å². The van der Waals surface area contributed by atoms with Crippen LogP contribution in [0, 0.1) is 0 Å². The standard InChI is InChI=1S/C20H23N5O3/c1-23(2)15-11-18(26)25(21-12-15)13-19(27)24-9-7-14(8-10-24)20-22-16-5-3-4-6-17(16)28-20/h3-6,11-12,14H,7-10,13H2,1-2H3. The Morgan fingerprint density at radius 3 is 2.68 bits per heavy atom. The van der Waals surface area contributed by atoms with Crippen molar-refractivity contribution in [1.82, 2.24) is 19.7 Å². The highest BCUT2D eigenvalue weighted by Gasteiger charge is 2.27. The normalized spacial score (nSPS) is 15.1. The summed E-state index contributed by atoms with van der Waals surface area (Å²) in [4.78, 5) is 32.9. The van der Waals surface area contributed by atoms with Crippen LogP contribution in [0.5, 0.6) is 0 Å². The van der Waals surface area contributed by atoms with E-state index < -0.39 is 0 Å². The van der Waals surface area contributed by atoms with E-state index in [1.807, 2.05) is 38.4 Å². The third-order valence-electron chi connectivity index (χ3n) is 5.16. The van der Waals surface area contributed by atoms with E-state index in [0.29, 0.717) is 18.8 Å². The molecule has 3 heterocycles. The molecule has 8 heteroatoms. The maximum Gasteiger partial charge on any atom is 0.269 e. The van der Waals surface area contributed by atoms with Crippen molar-refractivity contribution in [2.45, 2.75) is 25.3 Å². The van der Waals surface area contributed by atoms with E-state index in [4.69, 9.17) is 4.42 Å². The van der Waals surface area contributed by atoms with Gasteiger partial charge in [0.05, 0.1) is 11.9 Å². The number of amides is 1. The van der Waals surface area contributed by atoms with E-state index >= 15 is 0 Å². The lowest BCUT2D eigenvalue weighted by molar-refractivity contribution is -0.133. The van der Waals surface area contributed by atoms with Crippen molar-refractivity contribution in [2.24, 2.45) is 0 Å². The number of carbonyl (C=O) groups excluding carboxylic acids is 1. The zero-order valence-corrected chi connectivity index (χ0v) is 16.0. The molecule has 4 rings (SSSR count). The predicted octanol–water partition coefficient (Wildman–Crippen LogP) is 1.86. The van der Waals surface area contributed by atoms with Crippen LogP contribution in [0.25, 0.3) is 11.1 Å². The van der Waals surface area contributed by atoms with Gasteiger partial charge in [0.15, 0.2) is 11.5 Å². The summed E-state index contributed by atoms with van der Waals surface area (Å²) in [6, 6.07) is 9.21. The second-order valence-electron chi connectivity index (χ2n) is 7.28. The number of likely N-dealkylation sites (tertiary alicyclic amines) is 1. The van der Waals surface area contributed by atoms with Gasteiger partial charge < -0.3 is 14.2 Å². The lowest BCUT2D eigenvalue weighted by atomic mass is 9.97. The Labute approximate surface area is 162 Å². The molecule has 0 bridgehead atoms. The summed E-state index contributed by atoms with van der Waals surface area (Å²) in [5, 5.41) is 4.11. The highest BCUT2D eigenvalue weighted by atomic mass is 16.3. The van der Waals surface area contributed by atoms with E-state index in [-0.39, 0.29) is 23.9 Å². The first kappa shape index (κ1) is 18.2. The molecule has 0 unspecified atom stereocenters. The first-order chi connectivity index (χ1) is 13.5. The van der Waals surface area contributed by atoms with Crippen LogP contribution >= 0.6 is 0 Å². The van der Waals surface area contributed by atoms with E-state index in [2.05, 4.69) is 10.1 Å². The number of hydrogen-bond acceptors (Lipinski definition) is 6. The molecular weight excluding hydrogens is 358 g/mol. The molecule has 0 atom stereocenters. The van der Waals surface area contributed by atoms with Crippen LogP contribution in [-0.2, 0) is 11.3 Å². The molecule has 0 aliphatic carbocycles. The van der Waals surface area contributed by atoms with Gasteiger partial charge in [-0.3, -0.25) is 9.59 Å². The molecule has 1 aromatic carbocycles. The Kier molecular flexibility index (Phi) is 4.85. The molecule has 1 aliphatic rings. The molecule has 28 heavy (non-hydrogen) atoms. The van der Waals surface area contributed by atoms with Crippen LogP contribution in [0.1, 0.15) is 24.7 Å². The molecule has 2 aromatic heterocycles. The monoisotopic (exact) mass is 381 g/mol. The van der Waals surface area contributed by atoms with E-state index in [1.165, 1.54) is 10.7 Å². The van der Waals surface area contributed by atoms with E-state index in [0.717, 1.165) is 29.8 Å². The number of nitrogens with zero attached hydrogens (tertiary/aromatic N) is 5. The fourth-order valence-electron chi connectivity index (χ4n) is 3.46. The smallest absolute Gasteiger partial charge is 0.269 e. The molecule has 0 radical (unpaired) electrons. The summed E-state index contributed by atoms with van der Waals surface area (Å²) in [5.41, 5.74) is 2.10. The van der Waals surface area contributed by atoms with Gasteiger partial charge in [0.1, 0.15) is 12.1 Å². The van der Waals surface area contributed by atoms with Crippen LogP contribution < -0.4 is 10.5 Å². The molecule has 1 fully saturated rings. The highest BCUT2D eigenvalue weighted by Crippen LogP contribution is 2.29. The molecule has 0 spiro atoms. The van der Waals surface area contributed by atoms with Crippen LogP contribution in [0.2, 0.25) is 0 Å². The third kappa shape index (κ3) is 3.62. The summed E-state index contributed by atoms with van der Waals surface area (Å²) in [5.74, 6) is 0.852. The average Bonchev–Trinajstić information content (AvgIpc) is 3.13. The summed E-state index contributed by atoms with van der Waals surface area (Å²) in [7, 11) is 3.68. The number of aromatic nitrogens is 3. The quantitative estimate of drug-likeness (QED) is 0.686. The van der Waals surface area contributed by atoms with Gasteiger partial charge in [-0.2, -0.15) is 5.10 Å².